The normalized spacial score (nSPS) is 12.7. The fourth-order valence-electron chi connectivity index (χ4n) is 1.36. The van der Waals surface area contributed by atoms with Gasteiger partial charge in [-0.25, -0.2) is 0 Å². The van der Waals surface area contributed by atoms with E-state index in [-0.39, 0.29) is 0 Å². The molecule has 0 fully saturated rings. The Morgan fingerprint density at radius 3 is 2.60 bits per heavy atom. The van der Waals surface area contributed by atoms with Crippen LogP contribution in [0, 0.1) is 0 Å². The molecule has 0 amide bonds. The lowest BCUT2D eigenvalue weighted by Gasteiger charge is -2.12. The quantitative estimate of drug-likeness (QED) is 0.654. The molecule has 1 atom stereocenters. The van der Waals surface area contributed by atoms with E-state index in [2.05, 4.69) is 31.2 Å². The highest BCUT2D eigenvalue weighted by Crippen LogP contribution is 2.02. The van der Waals surface area contributed by atoms with Crippen LogP contribution >= 0.6 is 0 Å². The molecule has 15 heavy (non-hydrogen) atoms. The van der Waals surface area contributed by atoms with E-state index in [1.807, 2.05) is 6.07 Å². The molecule has 1 radical (unpaired) electrons. The van der Waals surface area contributed by atoms with Crippen LogP contribution in [0.4, 0.5) is 0 Å². The van der Waals surface area contributed by atoms with Crippen LogP contribution in [0.3, 0.4) is 0 Å². The third-order valence-corrected chi connectivity index (χ3v) is 2.59. The average molecular weight is 223 g/mol. The molecule has 1 aromatic rings. The lowest BCUT2D eigenvalue weighted by molar-refractivity contribution is 0.0534. The van der Waals surface area contributed by atoms with Gasteiger partial charge in [0.25, 0.3) is 0 Å². The van der Waals surface area contributed by atoms with Crippen molar-refractivity contribution in [3.8, 4) is 0 Å². The van der Waals surface area contributed by atoms with Gasteiger partial charge in [0, 0.05) is 6.61 Å². The van der Waals surface area contributed by atoms with Crippen molar-refractivity contribution in [2.45, 2.75) is 25.9 Å². The molecule has 2 nitrogen and oxygen atoms in total. The van der Waals surface area contributed by atoms with Crippen molar-refractivity contribution in [3.05, 3.63) is 35.9 Å². The van der Waals surface area contributed by atoms with E-state index in [4.69, 9.17) is 9.16 Å². The summed E-state index contributed by atoms with van der Waals surface area (Å²) in [5.41, 5.74) is 1.33. The summed E-state index contributed by atoms with van der Waals surface area (Å²) in [7, 11) is 1.54. The smallest absolute Gasteiger partial charge is 0.174 e. The van der Waals surface area contributed by atoms with Crippen LogP contribution in [0.2, 0.25) is 0 Å². The topological polar surface area (TPSA) is 18.5 Å². The van der Waals surface area contributed by atoms with Gasteiger partial charge in [0.1, 0.15) is 0 Å². The molecule has 1 rings (SSSR count). The Kier molecular flexibility index (Phi) is 6.32. The zero-order valence-electron chi connectivity index (χ0n) is 9.32. The molecule has 0 aliphatic rings. The van der Waals surface area contributed by atoms with E-state index in [0.717, 1.165) is 26.1 Å². The van der Waals surface area contributed by atoms with Crippen molar-refractivity contribution < 1.29 is 9.16 Å². The van der Waals surface area contributed by atoms with E-state index in [1.54, 1.807) is 0 Å². The van der Waals surface area contributed by atoms with E-state index in [0.29, 0.717) is 6.10 Å². The van der Waals surface area contributed by atoms with Gasteiger partial charge in [0.2, 0.25) is 0 Å². The fraction of sp³-hybridized carbons (Fsp3) is 0.500. The molecule has 0 saturated heterocycles. The highest BCUT2D eigenvalue weighted by molar-refractivity contribution is 5.97. The molecule has 0 N–H and O–H groups in total. The van der Waals surface area contributed by atoms with Crippen molar-refractivity contribution >= 4 is 10.5 Å². The molecule has 0 aliphatic heterocycles. The molecule has 0 aromatic heterocycles. The molecule has 1 unspecified atom stereocenters. The summed E-state index contributed by atoms with van der Waals surface area (Å²) < 4.78 is 10.7. The summed E-state index contributed by atoms with van der Waals surface area (Å²) in [5, 5.41) is 0. The summed E-state index contributed by atoms with van der Waals surface area (Å²) in [6.45, 7) is 3.66. The van der Waals surface area contributed by atoms with Gasteiger partial charge >= 0.3 is 0 Å². The van der Waals surface area contributed by atoms with Crippen LogP contribution in [-0.2, 0) is 15.6 Å². The van der Waals surface area contributed by atoms with Crippen LogP contribution in [0.25, 0.3) is 0 Å². The Hall–Kier alpha value is -0.643. The first-order valence-corrected chi connectivity index (χ1v) is 5.93. The van der Waals surface area contributed by atoms with Gasteiger partial charge in [0.15, 0.2) is 10.5 Å². The van der Waals surface area contributed by atoms with Gasteiger partial charge in [-0.05, 0) is 25.3 Å². The van der Waals surface area contributed by atoms with Gasteiger partial charge in [0.05, 0.1) is 12.7 Å². The molecular weight excluding hydrogens is 204 g/mol. The maximum Gasteiger partial charge on any atom is 0.174 e. The lowest BCUT2D eigenvalue weighted by atomic mass is 10.2. The highest BCUT2D eigenvalue weighted by atomic mass is 28.2. The van der Waals surface area contributed by atoms with Gasteiger partial charge in [-0.15, -0.1) is 0 Å². The van der Waals surface area contributed by atoms with E-state index in [9.17, 15) is 0 Å². The molecule has 1 aromatic carbocycles. The Bertz CT molecular complexity index is 251. The SMILES string of the molecule is CC(CCO[SiH2])OCCc1ccccc1. The predicted octanol–water partition coefficient (Wildman–Crippen LogP) is 1.59. The van der Waals surface area contributed by atoms with Gasteiger partial charge < -0.3 is 9.16 Å². The minimum atomic E-state index is 0.290. The maximum absolute atomic E-state index is 5.67. The Morgan fingerprint density at radius 1 is 1.20 bits per heavy atom. The Morgan fingerprint density at radius 2 is 1.93 bits per heavy atom. The van der Waals surface area contributed by atoms with Crippen molar-refractivity contribution in [2.24, 2.45) is 0 Å². The van der Waals surface area contributed by atoms with Gasteiger partial charge in [-0.3, -0.25) is 0 Å². The molecule has 0 spiro atoms. The summed E-state index contributed by atoms with van der Waals surface area (Å²) in [4.78, 5) is 0. The predicted molar refractivity (Wildman–Crippen MR) is 64.7 cm³/mol. The molecule has 0 bridgehead atoms. The second kappa shape index (κ2) is 7.62. The van der Waals surface area contributed by atoms with Crippen LogP contribution < -0.4 is 0 Å². The maximum atomic E-state index is 5.67. The Balaban J connectivity index is 2.11. The van der Waals surface area contributed by atoms with Gasteiger partial charge in [-0.2, -0.15) is 0 Å². The third-order valence-electron chi connectivity index (χ3n) is 2.30. The molecule has 83 valence electrons. The third kappa shape index (κ3) is 5.72. The number of hydrogen-bond acceptors (Lipinski definition) is 2. The summed E-state index contributed by atoms with van der Waals surface area (Å²) in [5.74, 6) is 0. The first kappa shape index (κ1) is 12.4. The van der Waals surface area contributed by atoms with Gasteiger partial charge in [-0.1, -0.05) is 30.3 Å². The highest BCUT2D eigenvalue weighted by Gasteiger charge is 2.01. The molecule has 0 heterocycles. The van der Waals surface area contributed by atoms with E-state index < -0.39 is 0 Å². The monoisotopic (exact) mass is 223 g/mol. The Labute approximate surface area is 95.1 Å². The molecule has 0 saturated carbocycles. The van der Waals surface area contributed by atoms with Crippen LogP contribution in [-0.4, -0.2) is 29.8 Å². The molecular formula is C12H19O2Si. The van der Waals surface area contributed by atoms with Crippen molar-refractivity contribution in [1.29, 1.82) is 0 Å². The zero-order valence-corrected chi connectivity index (χ0v) is 10.7. The second-order valence-electron chi connectivity index (χ2n) is 3.61. The van der Waals surface area contributed by atoms with E-state index >= 15 is 0 Å². The lowest BCUT2D eigenvalue weighted by Crippen LogP contribution is -2.13. The number of ether oxygens (including phenoxy) is 1. The average Bonchev–Trinajstić information content (AvgIpc) is 2.28. The van der Waals surface area contributed by atoms with Crippen molar-refractivity contribution in [1.82, 2.24) is 0 Å². The first-order chi connectivity index (χ1) is 7.33. The van der Waals surface area contributed by atoms with Crippen LogP contribution in [0.5, 0.6) is 0 Å². The van der Waals surface area contributed by atoms with Crippen LogP contribution in [0.15, 0.2) is 30.3 Å². The van der Waals surface area contributed by atoms with E-state index in [1.165, 1.54) is 16.0 Å². The number of rotatable bonds is 7. The summed E-state index contributed by atoms with van der Waals surface area (Å²) >= 11 is 0. The van der Waals surface area contributed by atoms with Crippen LogP contribution in [0.1, 0.15) is 18.9 Å². The fourth-order valence-corrected chi connectivity index (χ4v) is 1.52. The standard InChI is InChI=1S/C12H19O2Si/c1-11(7-10-14-15)13-9-8-12-5-3-2-4-6-12/h2-6,11H,7-10,15H2,1H3. The second-order valence-corrected chi connectivity index (χ2v) is 4.02. The summed E-state index contributed by atoms with van der Waals surface area (Å²) in [6.07, 6.45) is 2.25. The first-order valence-electron chi connectivity index (χ1n) is 5.35. The largest absolute Gasteiger partial charge is 0.425 e. The van der Waals surface area contributed by atoms with Crippen molar-refractivity contribution in [3.63, 3.8) is 0 Å². The molecule has 3 heteroatoms. The minimum Gasteiger partial charge on any atom is -0.425 e. The number of hydrogen-bond donors (Lipinski definition) is 0. The zero-order chi connectivity index (χ0) is 10.9. The number of benzene rings is 1. The molecule has 0 aliphatic carbocycles. The van der Waals surface area contributed by atoms with Crippen molar-refractivity contribution in [2.75, 3.05) is 13.2 Å². The minimum absolute atomic E-state index is 0.290. The summed E-state index contributed by atoms with van der Waals surface area (Å²) in [6, 6.07) is 10.4.